The van der Waals surface area contributed by atoms with E-state index in [4.69, 9.17) is 13.9 Å². The second-order valence-electron chi connectivity index (χ2n) is 6.27. The maximum absolute atomic E-state index is 12.4. The first kappa shape index (κ1) is 18.6. The van der Waals surface area contributed by atoms with Crippen molar-refractivity contribution in [3.63, 3.8) is 0 Å². The Bertz CT molecular complexity index is 929. The molecule has 0 aliphatic rings. The second kappa shape index (κ2) is 7.99. The van der Waals surface area contributed by atoms with Crippen LogP contribution < -0.4 is 14.8 Å². The molecule has 1 N–H and O–H groups in total. The number of aromatic nitrogens is 2. The third-order valence-corrected chi connectivity index (χ3v) is 4.17. The van der Waals surface area contributed by atoms with Gasteiger partial charge in [0.2, 0.25) is 0 Å². The van der Waals surface area contributed by atoms with Gasteiger partial charge in [-0.1, -0.05) is 6.07 Å². The molecule has 0 radical (unpaired) electrons. The summed E-state index contributed by atoms with van der Waals surface area (Å²) in [6.07, 6.45) is 1.90. The Labute approximate surface area is 157 Å². The first-order valence-electron chi connectivity index (χ1n) is 8.63. The first-order chi connectivity index (χ1) is 13.0. The number of ether oxygens (including phenoxy) is 2. The number of aryl methyl sites for hydroxylation is 2. The molecular formula is C20H23N3O4. The molecule has 0 spiro atoms. The van der Waals surface area contributed by atoms with E-state index in [1.807, 2.05) is 45.3 Å². The Morgan fingerprint density at radius 3 is 2.78 bits per heavy atom. The molecule has 27 heavy (non-hydrogen) atoms. The average Bonchev–Trinajstić information content (AvgIpc) is 3.26. The van der Waals surface area contributed by atoms with Gasteiger partial charge in [0.05, 0.1) is 18.8 Å². The molecule has 142 valence electrons. The number of furan rings is 1. The van der Waals surface area contributed by atoms with Crippen molar-refractivity contribution in [3.05, 3.63) is 65.4 Å². The quantitative estimate of drug-likeness (QED) is 0.691. The second-order valence-corrected chi connectivity index (χ2v) is 6.27. The van der Waals surface area contributed by atoms with E-state index in [9.17, 15) is 4.79 Å². The molecule has 0 saturated heterocycles. The van der Waals surface area contributed by atoms with Crippen LogP contribution in [0.15, 0.2) is 47.0 Å². The standard InChI is InChI=1S/C20H23N3O4/c1-13(18-11-23(3)22-14(18)2)21-20(24)19-9-8-17(27-19)12-26-16-7-5-6-15(10-16)25-4/h5-11,13H,12H2,1-4H3,(H,21,24). The summed E-state index contributed by atoms with van der Waals surface area (Å²) in [6.45, 7) is 4.05. The Morgan fingerprint density at radius 2 is 2.07 bits per heavy atom. The van der Waals surface area contributed by atoms with Crippen LogP contribution in [0.4, 0.5) is 0 Å². The molecular weight excluding hydrogens is 346 g/mol. The molecule has 7 heteroatoms. The Hall–Kier alpha value is -3.22. The van der Waals surface area contributed by atoms with Gasteiger partial charge in [0.25, 0.3) is 5.91 Å². The van der Waals surface area contributed by atoms with Crippen LogP contribution >= 0.6 is 0 Å². The highest BCUT2D eigenvalue weighted by molar-refractivity contribution is 5.91. The predicted molar refractivity (Wildman–Crippen MR) is 99.9 cm³/mol. The van der Waals surface area contributed by atoms with Crippen LogP contribution in [0.5, 0.6) is 11.5 Å². The van der Waals surface area contributed by atoms with Crippen LogP contribution in [0, 0.1) is 6.92 Å². The minimum absolute atomic E-state index is 0.173. The first-order valence-corrected chi connectivity index (χ1v) is 8.63. The summed E-state index contributed by atoms with van der Waals surface area (Å²) in [6, 6.07) is 10.5. The van der Waals surface area contributed by atoms with Crippen molar-refractivity contribution >= 4 is 5.91 Å². The molecule has 1 amide bonds. The summed E-state index contributed by atoms with van der Waals surface area (Å²) < 4.78 is 18.2. The Morgan fingerprint density at radius 1 is 1.30 bits per heavy atom. The zero-order chi connectivity index (χ0) is 19.4. The van der Waals surface area contributed by atoms with E-state index in [-0.39, 0.29) is 24.3 Å². The number of amides is 1. The van der Waals surface area contributed by atoms with Crippen molar-refractivity contribution in [3.8, 4) is 11.5 Å². The zero-order valence-electron chi connectivity index (χ0n) is 15.9. The Balaban J connectivity index is 1.59. The SMILES string of the molecule is COc1cccc(OCc2ccc(C(=O)NC(C)c3cn(C)nc3C)o2)c1. The van der Waals surface area contributed by atoms with Gasteiger partial charge in [0, 0.05) is 24.9 Å². The highest BCUT2D eigenvalue weighted by Crippen LogP contribution is 2.21. The summed E-state index contributed by atoms with van der Waals surface area (Å²) in [5.74, 6) is 1.91. The van der Waals surface area contributed by atoms with E-state index >= 15 is 0 Å². The number of nitrogens with one attached hydrogen (secondary N) is 1. The molecule has 0 aliphatic carbocycles. The van der Waals surface area contributed by atoms with Gasteiger partial charge in [-0.15, -0.1) is 0 Å². The molecule has 1 aromatic carbocycles. The molecule has 7 nitrogen and oxygen atoms in total. The highest BCUT2D eigenvalue weighted by atomic mass is 16.5. The van der Waals surface area contributed by atoms with Gasteiger partial charge < -0.3 is 19.2 Å². The number of benzene rings is 1. The fraction of sp³-hybridized carbons (Fsp3) is 0.300. The van der Waals surface area contributed by atoms with Crippen molar-refractivity contribution in [2.45, 2.75) is 26.5 Å². The van der Waals surface area contributed by atoms with Crippen LogP contribution in [0.25, 0.3) is 0 Å². The van der Waals surface area contributed by atoms with Crippen molar-refractivity contribution in [2.75, 3.05) is 7.11 Å². The normalized spacial score (nSPS) is 11.9. The molecule has 0 fully saturated rings. The number of hydrogen-bond donors (Lipinski definition) is 1. The third kappa shape index (κ3) is 4.49. The van der Waals surface area contributed by atoms with Crippen molar-refractivity contribution < 1.29 is 18.7 Å². The summed E-state index contributed by atoms with van der Waals surface area (Å²) in [4.78, 5) is 12.4. The molecule has 2 aromatic heterocycles. The van der Waals surface area contributed by atoms with Gasteiger partial charge >= 0.3 is 0 Å². The number of nitrogens with zero attached hydrogens (tertiary/aromatic N) is 2. The predicted octanol–water partition coefficient (Wildman–Crippen LogP) is 3.40. The molecule has 3 rings (SSSR count). The highest BCUT2D eigenvalue weighted by Gasteiger charge is 2.18. The number of carbonyl (C=O) groups is 1. The van der Waals surface area contributed by atoms with Gasteiger partial charge in [0.15, 0.2) is 5.76 Å². The lowest BCUT2D eigenvalue weighted by molar-refractivity contribution is 0.0907. The summed E-state index contributed by atoms with van der Waals surface area (Å²) in [5, 5.41) is 7.22. The summed E-state index contributed by atoms with van der Waals surface area (Å²) in [7, 11) is 3.46. The van der Waals surface area contributed by atoms with E-state index in [1.54, 1.807) is 30.0 Å². The van der Waals surface area contributed by atoms with Crippen LogP contribution in [0.1, 0.15) is 40.5 Å². The number of methoxy groups -OCH3 is 1. The lowest BCUT2D eigenvalue weighted by Gasteiger charge is -2.12. The molecule has 2 heterocycles. The average molecular weight is 369 g/mol. The van der Waals surface area contributed by atoms with Gasteiger partial charge in [0.1, 0.15) is 23.9 Å². The van der Waals surface area contributed by atoms with E-state index in [1.165, 1.54) is 0 Å². The molecule has 0 saturated carbocycles. The molecule has 0 aliphatic heterocycles. The van der Waals surface area contributed by atoms with Crippen LogP contribution in [-0.2, 0) is 13.7 Å². The fourth-order valence-electron chi connectivity index (χ4n) is 2.81. The molecule has 0 bridgehead atoms. The van der Waals surface area contributed by atoms with Gasteiger partial charge in [-0.3, -0.25) is 9.48 Å². The van der Waals surface area contributed by atoms with Gasteiger partial charge in [-0.05, 0) is 38.1 Å². The van der Waals surface area contributed by atoms with Crippen LogP contribution in [0.3, 0.4) is 0 Å². The van der Waals surface area contributed by atoms with Gasteiger partial charge in [-0.25, -0.2) is 0 Å². The van der Waals surface area contributed by atoms with Crippen LogP contribution in [0.2, 0.25) is 0 Å². The minimum Gasteiger partial charge on any atom is -0.497 e. The molecule has 1 unspecified atom stereocenters. The van der Waals surface area contributed by atoms with E-state index in [0.29, 0.717) is 17.3 Å². The molecule has 1 atom stereocenters. The lowest BCUT2D eigenvalue weighted by atomic mass is 10.1. The maximum Gasteiger partial charge on any atom is 0.287 e. The maximum atomic E-state index is 12.4. The minimum atomic E-state index is -0.279. The zero-order valence-corrected chi connectivity index (χ0v) is 15.9. The van der Waals surface area contributed by atoms with E-state index in [0.717, 1.165) is 11.3 Å². The van der Waals surface area contributed by atoms with E-state index in [2.05, 4.69) is 10.4 Å². The fourth-order valence-corrected chi connectivity index (χ4v) is 2.81. The smallest absolute Gasteiger partial charge is 0.287 e. The van der Waals surface area contributed by atoms with Crippen molar-refractivity contribution in [2.24, 2.45) is 7.05 Å². The number of hydrogen-bond acceptors (Lipinski definition) is 5. The van der Waals surface area contributed by atoms with E-state index < -0.39 is 0 Å². The lowest BCUT2D eigenvalue weighted by Crippen LogP contribution is -2.26. The summed E-state index contributed by atoms with van der Waals surface area (Å²) in [5.41, 5.74) is 1.86. The molecule has 3 aromatic rings. The largest absolute Gasteiger partial charge is 0.497 e. The topological polar surface area (TPSA) is 78.5 Å². The number of rotatable bonds is 7. The number of carbonyl (C=O) groups excluding carboxylic acids is 1. The Kier molecular flexibility index (Phi) is 5.49. The monoisotopic (exact) mass is 369 g/mol. The van der Waals surface area contributed by atoms with Crippen LogP contribution in [-0.4, -0.2) is 22.8 Å². The van der Waals surface area contributed by atoms with Crippen molar-refractivity contribution in [1.82, 2.24) is 15.1 Å². The summed E-state index contributed by atoms with van der Waals surface area (Å²) >= 11 is 0. The van der Waals surface area contributed by atoms with Gasteiger partial charge in [-0.2, -0.15) is 5.10 Å². The third-order valence-electron chi connectivity index (χ3n) is 4.17. The van der Waals surface area contributed by atoms with Crippen molar-refractivity contribution in [1.29, 1.82) is 0 Å².